The molecule has 0 radical (unpaired) electrons. The Kier molecular flexibility index (Phi) is 5.31. The number of piperidine rings is 1. The molecule has 6 nitrogen and oxygen atoms in total. The van der Waals surface area contributed by atoms with Crippen LogP contribution in [0.5, 0.6) is 5.75 Å². The molecule has 1 saturated heterocycles. The fraction of sp³-hybridized carbons (Fsp3) is 0.562. The number of amides is 1. The Bertz CT molecular complexity index is 677. The lowest BCUT2D eigenvalue weighted by atomic mass is 9.98. The van der Waals surface area contributed by atoms with Crippen LogP contribution in [-0.2, 0) is 10.0 Å². The summed E-state index contributed by atoms with van der Waals surface area (Å²) in [5, 5.41) is 0. The van der Waals surface area contributed by atoms with Crippen molar-refractivity contribution >= 4 is 15.9 Å². The van der Waals surface area contributed by atoms with Crippen LogP contribution in [0.3, 0.4) is 0 Å². The molecule has 23 heavy (non-hydrogen) atoms. The van der Waals surface area contributed by atoms with Crippen molar-refractivity contribution < 1.29 is 17.9 Å². The summed E-state index contributed by atoms with van der Waals surface area (Å²) in [6.45, 7) is 3.60. The van der Waals surface area contributed by atoms with Crippen LogP contribution in [0, 0.1) is 5.92 Å². The molecule has 1 aliphatic rings. The first-order valence-corrected chi connectivity index (χ1v) is 9.11. The Labute approximate surface area is 138 Å². The van der Waals surface area contributed by atoms with Gasteiger partial charge in [0.2, 0.25) is 10.0 Å². The van der Waals surface area contributed by atoms with E-state index < -0.39 is 10.0 Å². The number of likely N-dealkylation sites (tertiary alicyclic amines) is 1. The molecule has 0 saturated carbocycles. The van der Waals surface area contributed by atoms with Gasteiger partial charge in [0, 0.05) is 32.7 Å². The second kappa shape index (κ2) is 6.88. The highest BCUT2D eigenvalue weighted by Crippen LogP contribution is 2.28. The lowest BCUT2D eigenvalue weighted by Gasteiger charge is -2.30. The third-order valence-corrected chi connectivity index (χ3v) is 6.08. The molecule has 1 heterocycles. The number of benzene rings is 1. The molecule has 0 bridgehead atoms. The molecule has 1 aromatic rings. The van der Waals surface area contributed by atoms with Crippen LogP contribution < -0.4 is 4.74 Å². The SMILES string of the molecule is COc1ccc(C(=O)N2CCC(C)CC2)cc1S(=O)(=O)N(C)C. The highest BCUT2D eigenvalue weighted by atomic mass is 32.2. The summed E-state index contributed by atoms with van der Waals surface area (Å²) in [6, 6.07) is 4.57. The number of ether oxygens (including phenoxy) is 1. The quantitative estimate of drug-likeness (QED) is 0.838. The van der Waals surface area contributed by atoms with E-state index in [0.29, 0.717) is 24.6 Å². The Balaban J connectivity index is 2.36. The van der Waals surface area contributed by atoms with Gasteiger partial charge in [0.05, 0.1) is 7.11 Å². The zero-order valence-corrected chi connectivity index (χ0v) is 14.9. The zero-order valence-electron chi connectivity index (χ0n) is 14.1. The molecule has 0 spiro atoms. The van der Waals surface area contributed by atoms with E-state index in [1.54, 1.807) is 11.0 Å². The van der Waals surface area contributed by atoms with Crippen molar-refractivity contribution in [2.45, 2.75) is 24.7 Å². The van der Waals surface area contributed by atoms with Gasteiger partial charge in [0.15, 0.2) is 0 Å². The summed E-state index contributed by atoms with van der Waals surface area (Å²) in [6.07, 6.45) is 1.95. The van der Waals surface area contributed by atoms with Gasteiger partial charge < -0.3 is 9.64 Å². The third kappa shape index (κ3) is 3.67. The first kappa shape index (κ1) is 17.7. The molecule has 1 aliphatic heterocycles. The van der Waals surface area contributed by atoms with E-state index in [-0.39, 0.29) is 16.6 Å². The number of carbonyl (C=O) groups excluding carboxylic acids is 1. The predicted molar refractivity (Wildman–Crippen MR) is 88.2 cm³/mol. The van der Waals surface area contributed by atoms with Crippen LogP contribution in [0.15, 0.2) is 23.1 Å². The molecule has 1 fully saturated rings. The largest absolute Gasteiger partial charge is 0.495 e. The second-order valence-electron chi connectivity index (χ2n) is 6.13. The zero-order chi connectivity index (χ0) is 17.2. The number of rotatable bonds is 4. The fourth-order valence-corrected chi connectivity index (χ4v) is 3.68. The minimum atomic E-state index is -3.68. The fourth-order valence-electron chi connectivity index (χ4n) is 2.60. The van der Waals surface area contributed by atoms with Gasteiger partial charge in [-0.1, -0.05) is 6.92 Å². The molecule has 1 aromatic carbocycles. The number of hydrogen-bond donors (Lipinski definition) is 0. The molecule has 1 amide bonds. The lowest BCUT2D eigenvalue weighted by Crippen LogP contribution is -2.38. The van der Waals surface area contributed by atoms with Gasteiger partial charge in [-0.25, -0.2) is 12.7 Å². The van der Waals surface area contributed by atoms with Gasteiger partial charge in [0.25, 0.3) is 5.91 Å². The number of hydrogen-bond acceptors (Lipinski definition) is 4. The van der Waals surface area contributed by atoms with Crippen LogP contribution >= 0.6 is 0 Å². The van der Waals surface area contributed by atoms with Crippen molar-refractivity contribution in [3.8, 4) is 5.75 Å². The molecule has 2 rings (SSSR count). The first-order chi connectivity index (χ1) is 10.8. The van der Waals surface area contributed by atoms with Crippen LogP contribution in [-0.4, -0.2) is 57.8 Å². The molecule has 0 aromatic heterocycles. The highest BCUT2D eigenvalue weighted by Gasteiger charge is 2.26. The van der Waals surface area contributed by atoms with Crippen molar-refractivity contribution in [1.82, 2.24) is 9.21 Å². The smallest absolute Gasteiger partial charge is 0.253 e. The summed E-state index contributed by atoms with van der Waals surface area (Å²) >= 11 is 0. The molecule has 0 atom stereocenters. The highest BCUT2D eigenvalue weighted by molar-refractivity contribution is 7.89. The van der Waals surface area contributed by atoms with E-state index in [0.717, 1.165) is 17.1 Å². The summed E-state index contributed by atoms with van der Waals surface area (Å²) in [5.74, 6) is 0.733. The van der Waals surface area contributed by atoms with Crippen molar-refractivity contribution in [3.05, 3.63) is 23.8 Å². The average molecular weight is 340 g/mol. The minimum absolute atomic E-state index is 0.0150. The topological polar surface area (TPSA) is 66.9 Å². The standard InChI is InChI=1S/C16H24N2O4S/c1-12-7-9-18(10-8-12)16(19)13-5-6-14(22-4)15(11-13)23(20,21)17(2)3/h5-6,11-12H,7-10H2,1-4H3. The van der Waals surface area contributed by atoms with E-state index >= 15 is 0 Å². The van der Waals surface area contributed by atoms with Crippen LogP contribution in [0.25, 0.3) is 0 Å². The van der Waals surface area contributed by atoms with Crippen LogP contribution in [0.1, 0.15) is 30.1 Å². The van der Waals surface area contributed by atoms with Crippen molar-refractivity contribution in [2.75, 3.05) is 34.3 Å². The van der Waals surface area contributed by atoms with Gasteiger partial charge in [-0.15, -0.1) is 0 Å². The number of sulfonamides is 1. The maximum atomic E-state index is 12.6. The maximum Gasteiger partial charge on any atom is 0.253 e. The number of methoxy groups -OCH3 is 1. The van der Waals surface area contributed by atoms with Gasteiger partial charge in [0.1, 0.15) is 10.6 Å². The Morgan fingerprint density at radius 3 is 2.39 bits per heavy atom. The monoisotopic (exact) mass is 340 g/mol. The summed E-state index contributed by atoms with van der Waals surface area (Å²) in [4.78, 5) is 14.4. The average Bonchev–Trinajstić information content (AvgIpc) is 2.54. The Morgan fingerprint density at radius 1 is 1.26 bits per heavy atom. The molecular formula is C16H24N2O4S. The van der Waals surface area contributed by atoms with Gasteiger partial charge >= 0.3 is 0 Å². The number of nitrogens with zero attached hydrogens (tertiary/aromatic N) is 2. The van der Waals surface area contributed by atoms with Crippen LogP contribution in [0.4, 0.5) is 0 Å². The lowest BCUT2D eigenvalue weighted by molar-refractivity contribution is 0.0697. The Morgan fingerprint density at radius 2 is 1.87 bits per heavy atom. The first-order valence-electron chi connectivity index (χ1n) is 7.67. The maximum absolute atomic E-state index is 12.6. The van der Waals surface area contributed by atoms with Crippen molar-refractivity contribution in [2.24, 2.45) is 5.92 Å². The van der Waals surface area contributed by atoms with Gasteiger partial charge in [-0.3, -0.25) is 4.79 Å². The van der Waals surface area contributed by atoms with E-state index in [1.165, 1.54) is 33.3 Å². The molecule has 128 valence electrons. The van der Waals surface area contributed by atoms with Crippen molar-refractivity contribution in [1.29, 1.82) is 0 Å². The van der Waals surface area contributed by atoms with Gasteiger partial charge in [-0.05, 0) is 37.0 Å². The summed E-state index contributed by atoms with van der Waals surface area (Å²) in [5.41, 5.74) is 0.376. The summed E-state index contributed by atoms with van der Waals surface area (Å²) in [7, 11) is 0.644. The molecule has 7 heteroatoms. The van der Waals surface area contributed by atoms with E-state index in [1.807, 2.05) is 0 Å². The predicted octanol–water partition coefficient (Wildman–Crippen LogP) is 1.82. The molecule has 0 aliphatic carbocycles. The Hall–Kier alpha value is -1.60. The second-order valence-corrected chi connectivity index (χ2v) is 8.25. The molecular weight excluding hydrogens is 316 g/mol. The van der Waals surface area contributed by atoms with E-state index in [9.17, 15) is 13.2 Å². The van der Waals surface area contributed by atoms with E-state index in [4.69, 9.17) is 4.74 Å². The van der Waals surface area contributed by atoms with Crippen LogP contribution in [0.2, 0.25) is 0 Å². The molecule has 0 N–H and O–H groups in total. The van der Waals surface area contributed by atoms with Crippen molar-refractivity contribution in [3.63, 3.8) is 0 Å². The normalized spacial score (nSPS) is 16.7. The third-order valence-electron chi connectivity index (χ3n) is 4.24. The number of carbonyl (C=O) groups is 1. The van der Waals surface area contributed by atoms with E-state index in [2.05, 4.69) is 6.92 Å². The molecule has 0 unspecified atom stereocenters. The van der Waals surface area contributed by atoms with Gasteiger partial charge in [-0.2, -0.15) is 0 Å². The summed E-state index contributed by atoms with van der Waals surface area (Å²) < 4.78 is 31.1. The minimum Gasteiger partial charge on any atom is -0.495 e.